The van der Waals surface area contributed by atoms with Gasteiger partial charge in [0.25, 0.3) is 0 Å². The summed E-state index contributed by atoms with van der Waals surface area (Å²) < 4.78 is 55.1. The maximum Gasteiger partial charge on any atom is 0.339 e. The molecule has 0 radical (unpaired) electrons. The van der Waals surface area contributed by atoms with Gasteiger partial charge >= 0.3 is 15.8 Å². The van der Waals surface area contributed by atoms with Crippen molar-refractivity contribution in [3.8, 4) is 11.8 Å². The van der Waals surface area contributed by atoms with Gasteiger partial charge in [-0.05, 0) is 24.3 Å². The predicted octanol–water partition coefficient (Wildman–Crippen LogP) is 2.51. The van der Waals surface area contributed by atoms with Gasteiger partial charge in [-0.2, -0.15) is 13.7 Å². The van der Waals surface area contributed by atoms with Gasteiger partial charge in [-0.25, -0.2) is 8.78 Å². The molecule has 0 aliphatic carbocycles. The first-order valence-electron chi connectivity index (χ1n) is 5.82. The molecular weight excluding hydrogens is 334 g/mol. The zero-order chi connectivity index (χ0) is 17.2. The summed E-state index contributed by atoms with van der Waals surface area (Å²) in [6, 6.07) is 5.74. The number of halogens is 2. The molecule has 23 heavy (non-hydrogen) atoms. The molecule has 0 unspecified atom stereocenters. The standard InChI is InChI=1S/C13H6F2N2O5S/c14-9-1-4-12(17(18)19)13(6-9)22-23(20,21)10-2-3-11(15)8(5-10)7-16/h1-6H. The van der Waals surface area contributed by atoms with E-state index in [0.29, 0.717) is 12.1 Å². The van der Waals surface area contributed by atoms with Gasteiger partial charge in [-0.3, -0.25) is 10.1 Å². The van der Waals surface area contributed by atoms with Crippen LogP contribution in [0.5, 0.6) is 5.75 Å². The van der Waals surface area contributed by atoms with Crippen molar-refractivity contribution in [1.29, 1.82) is 5.26 Å². The maximum absolute atomic E-state index is 13.2. The summed E-state index contributed by atoms with van der Waals surface area (Å²) in [5, 5.41) is 19.5. The first kappa shape index (κ1) is 16.3. The van der Waals surface area contributed by atoms with Crippen molar-refractivity contribution in [3.05, 3.63) is 63.7 Å². The Kier molecular flexibility index (Phi) is 4.24. The number of rotatable bonds is 4. The van der Waals surface area contributed by atoms with E-state index >= 15 is 0 Å². The van der Waals surface area contributed by atoms with Crippen molar-refractivity contribution in [3.63, 3.8) is 0 Å². The first-order chi connectivity index (χ1) is 10.7. The molecule has 0 atom stereocenters. The van der Waals surface area contributed by atoms with E-state index in [9.17, 15) is 27.3 Å². The average Bonchev–Trinajstić information content (AvgIpc) is 2.46. The molecule has 2 aromatic rings. The Morgan fingerprint density at radius 1 is 1.17 bits per heavy atom. The lowest BCUT2D eigenvalue weighted by molar-refractivity contribution is -0.385. The van der Waals surface area contributed by atoms with Gasteiger partial charge < -0.3 is 4.18 Å². The number of nitro groups is 1. The molecule has 2 aromatic carbocycles. The highest BCUT2D eigenvalue weighted by Crippen LogP contribution is 2.30. The summed E-state index contributed by atoms with van der Waals surface area (Å²) in [4.78, 5) is 9.26. The fraction of sp³-hybridized carbons (Fsp3) is 0. The lowest BCUT2D eigenvalue weighted by atomic mass is 10.2. The fourth-order valence-electron chi connectivity index (χ4n) is 1.62. The van der Waals surface area contributed by atoms with E-state index in [0.717, 1.165) is 24.3 Å². The number of hydrogen-bond donors (Lipinski definition) is 0. The molecule has 118 valence electrons. The van der Waals surface area contributed by atoms with Crippen LogP contribution in [0.25, 0.3) is 0 Å². The summed E-state index contributed by atoms with van der Waals surface area (Å²) in [5.74, 6) is -2.72. The van der Waals surface area contributed by atoms with Crippen LogP contribution in [-0.2, 0) is 10.1 Å². The Labute approximate surface area is 128 Å². The van der Waals surface area contributed by atoms with Crippen molar-refractivity contribution in [1.82, 2.24) is 0 Å². The van der Waals surface area contributed by atoms with Crippen molar-refractivity contribution in [2.24, 2.45) is 0 Å². The number of nitrogens with zero attached hydrogens (tertiary/aromatic N) is 2. The molecule has 0 N–H and O–H groups in total. The Balaban J connectivity index is 2.49. The second-order valence-electron chi connectivity index (χ2n) is 4.16. The lowest BCUT2D eigenvalue weighted by Gasteiger charge is -2.08. The maximum atomic E-state index is 13.2. The summed E-state index contributed by atoms with van der Waals surface area (Å²) in [5.41, 5.74) is -1.32. The summed E-state index contributed by atoms with van der Waals surface area (Å²) in [6.07, 6.45) is 0. The van der Waals surface area contributed by atoms with Crippen LogP contribution in [0.4, 0.5) is 14.5 Å². The van der Waals surface area contributed by atoms with E-state index in [2.05, 4.69) is 4.18 Å². The second-order valence-corrected chi connectivity index (χ2v) is 5.71. The minimum absolute atomic E-state index is 0.532. The summed E-state index contributed by atoms with van der Waals surface area (Å²) in [7, 11) is -4.62. The SMILES string of the molecule is N#Cc1cc(S(=O)(=O)Oc2cc(F)ccc2[N+](=O)[O-])ccc1F. The number of benzene rings is 2. The molecule has 0 heterocycles. The highest BCUT2D eigenvalue weighted by Gasteiger charge is 2.24. The van der Waals surface area contributed by atoms with Crippen LogP contribution in [0.1, 0.15) is 5.56 Å². The molecule has 0 aromatic heterocycles. The second kappa shape index (κ2) is 5.98. The Bertz CT molecular complexity index is 938. The molecule has 0 bridgehead atoms. The average molecular weight is 340 g/mol. The van der Waals surface area contributed by atoms with E-state index in [1.54, 1.807) is 0 Å². The molecule has 0 amide bonds. The van der Waals surface area contributed by atoms with E-state index in [4.69, 9.17) is 5.26 Å². The van der Waals surface area contributed by atoms with Crippen molar-refractivity contribution in [2.75, 3.05) is 0 Å². The van der Waals surface area contributed by atoms with Crippen LogP contribution < -0.4 is 4.18 Å². The molecule has 0 saturated heterocycles. The normalized spacial score (nSPS) is 10.8. The van der Waals surface area contributed by atoms with E-state index in [-0.39, 0.29) is 0 Å². The van der Waals surface area contributed by atoms with Gasteiger partial charge in [-0.1, -0.05) is 0 Å². The van der Waals surface area contributed by atoms with Crippen LogP contribution in [-0.4, -0.2) is 13.3 Å². The van der Waals surface area contributed by atoms with Gasteiger partial charge in [-0.15, -0.1) is 0 Å². The number of nitro benzene ring substituents is 1. The highest BCUT2D eigenvalue weighted by atomic mass is 32.2. The molecule has 2 rings (SSSR count). The van der Waals surface area contributed by atoms with Gasteiger partial charge in [0.15, 0.2) is 0 Å². The Morgan fingerprint density at radius 2 is 1.87 bits per heavy atom. The fourth-order valence-corrected chi connectivity index (χ4v) is 2.58. The predicted molar refractivity (Wildman–Crippen MR) is 72.0 cm³/mol. The summed E-state index contributed by atoms with van der Waals surface area (Å²) in [6.45, 7) is 0. The van der Waals surface area contributed by atoms with E-state index < -0.39 is 48.6 Å². The van der Waals surface area contributed by atoms with Gasteiger partial charge in [0, 0.05) is 12.1 Å². The molecule has 0 spiro atoms. The quantitative estimate of drug-likeness (QED) is 0.480. The monoisotopic (exact) mass is 340 g/mol. The van der Waals surface area contributed by atoms with Crippen molar-refractivity contribution >= 4 is 15.8 Å². The van der Waals surface area contributed by atoms with Crippen LogP contribution in [0.15, 0.2) is 41.3 Å². The Hall–Kier alpha value is -3.06. The zero-order valence-electron chi connectivity index (χ0n) is 11.1. The van der Waals surface area contributed by atoms with Crippen LogP contribution >= 0.6 is 0 Å². The molecular formula is C13H6F2N2O5S. The van der Waals surface area contributed by atoms with Gasteiger partial charge in [0.2, 0.25) is 5.75 Å². The van der Waals surface area contributed by atoms with Crippen LogP contribution in [0.2, 0.25) is 0 Å². The molecule has 10 heteroatoms. The molecule has 0 fully saturated rings. The highest BCUT2D eigenvalue weighted by molar-refractivity contribution is 7.87. The van der Waals surface area contributed by atoms with Crippen molar-refractivity contribution in [2.45, 2.75) is 4.90 Å². The van der Waals surface area contributed by atoms with Crippen LogP contribution in [0, 0.1) is 33.1 Å². The minimum atomic E-state index is -4.62. The molecule has 0 aliphatic rings. The third-order valence-electron chi connectivity index (χ3n) is 2.66. The third kappa shape index (κ3) is 3.41. The third-order valence-corrected chi connectivity index (χ3v) is 3.90. The van der Waals surface area contributed by atoms with Crippen molar-refractivity contribution < 1.29 is 26.3 Å². The lowest BCUT2D eigenvalue weighted by Crippen LogP contribution is -2.11. The topological polar surface area (TPSA) is 110 Å². The summed E-state index contributed by atoms with van der Waals surface area (Å²) >= 11 is 0. The smallest absolute Gasteiger partial charge is 0.339 e. The van der Waals surface area contributed by atoms with Gasteiger partial charge in [0.1, 0.15) is 22.6 Å². The largest absolute Gasteiger partial charge is 0.371 e. The Morgan fingerprint density at radius 3 is 2.48 bits per heavy atom. The number of nitriles is 1. The minimum Gasteiger partial charge on any atom is -0.371 e. The zero-order valence-corrected chi connectivity index (χ0v) is 11.9. The van der Waals surface area contributed by atoms with Gasteiger partial charge in [0.05, 0.1) is 10.5 Å². The molecule has 0 saturated carbocycles. The first-order valence-corrected chi connectivity index (χ1v) is 7.23. The van der Waals surface area contributed by atoms with Crippen LogP contribution in [0.3, 0.4) is 0 Å². The van der Waals surface area contributed by atoms with E-state index in [1.807, 2.05) is 0 Å². The molecule has 0 aliphatic heterocycles. The number of hydrogen-bond acceptors (Lipinski definition) is 6. The molecule has 7 nitrogen and oxygen atoms in total. The van der Waals surface area contributed by atoms with E-state index in [1.165, 1.54) is 6.07 Å².